The van der Waals surface area contributed by atoms with Crippen LogP contribution in [0, 0.1) is 17.8 Å². The summed E-state index contributed by atoms with van der Waals surface area (Å²) in [5.74, 6) is 0.791. The van der Waals surface area contributed by atoms with Crippen molar-refractivity contribution >= 4 is 26.7 Å². The summed E-state index contributed by atoms with van der Waals surface area (Å²) in [6.07, 6.45) is 18.0. The SMILES string of the molecule is CCCCCCC1CCC(C2CCC(OCCC[Si](OC(C)=O)(OC(C)=O)OC(C)=O)CC2)CC1. The highest BCUT2D eigenvalue weighted by atomic mass is 28.4. The van der Waals surface area contributed by atoms with E-state index < -0.39 is 26.7 Å². The molecule has 2 aliphatic rings. The van der Waals surface area contributed by atoms with Gasteiger partial charge in [-0.1, -0.05) is 51.9 Å². The lowest BCUT2D eigenvalue weighted by Gasteiger charge is -2.38. The molecule has 0 radical (unpaired) electrons. The topological polar surface area (TPSA) is 88.1 Å². The van der Waals surface area contributed by atoms with Gasteiger partial charge < -0.3 is 18.0 Å². The van der Waals surface area contributed by atoms with Gasteiger partial charge in [-0.15, -0.1) is 0 Å². The van der Waals surface area contributed by atoms with Crippen molar-refractivity contribution in [3.8, 4) is 0 Å². The fourth-order valence-corrected chi connectivity index (χ4v) is 8.27. The number of rotatable bonds is 14. The molecule has 0 amide bonds. The summed E-state index contributed by atoms with van der Waals surface area (Å²) in [5.41, 5.74) is 0. The molecule has 0 bridgehead atoms. The van der Waals surface area contributed by atoms with Gasteiger partial charge in [0.1, 0.15) is 0 Å². The molecule has 35 heavy (non-hydrogen) atoms. The summed E-state index contributed by atoms with van der Waals surface area (Å²) in [5, 5.41) is 0. The van der Waals surface area contributed by atoms with Crippen molar-refractivity contribution in [3.05, 3.63) is 0 Å². The second-order valence-corrected chi connectivity index (χ2v) is 13.1. The van der Waals surface area contributed by atoms with E-state index in [-0.39, 0.29) is 12.1 Å². The summed E-state index contributed by atoms with van der Waals surface area (Å²) in [4.78, 5) is 34.7. The molecule has 0 aromatic rings. The second kappa shape index (κ2) is 15.6. The lowest BCUT2D eigenvalue weighted by molar-refractivity contribution is -0.147. The third kappa shape index (κ3) is 11.5. The van der Waals surface area contributed by atoms with E-state index in [4.69, 9.17) is 18.0 Å². The third-order valence-electron chi connectivity index (χ3n) is 7.62. The molecular weight excluding hydrogens is 464 g/mol. The van der Waals surface area contributed by atoms with Gasteiger partial charge in [0.05, 0.1) is 12.1 Å². The first-order chi connectivity index (χ1) is 16.7. The summed E-state index contributed by atoms with van der Waals surface area (Å²) in [6, 6.07) is 0.169. The Morgan fingerprint density at radius 3 is 1.69 bits per heavy atom. The highest BCUT2D eigenvalue weighted by Gasteiger charge is 2.51. The quantitative estimate of drug-likeness (QED) is 0.198. The van der Waals surface area contributed by atoms with Crippen molar-refractivity contribution < 1.29 is 32.4 Å². The van der Waals surface area contributed by atoms with Crippen LogP contribution < -0.4 is 0 Å². The van der Waals surface area contributed by atoms with Crippen LogP contribution in [-0.4, -0.2) is 39.4 Å². The molecule has 2 rings (SSSR count). The summed E-state index contributed by atoms with van der Waals surface area (Å²) < 4.78 is 21.8. The van der Waals surface area contributed by atoms with Gasteiger partial charge in [0.15, 0.2) is 0 Å². The highest BCUT2D eigenvalue weighted by Crippen LogP contribution is 2.41. The molecule has 0 unspecified atom stereocenters. The fraction of sp³-hybridized carbons (Fsp3) is 0.889. The molecule has 0 heterocycles. The van der Waals surface area contributed by atoms with Crippen molar-refractivity contribution in [2.24, 2.45) is 17.8 Å². The maximum Gasteiger partial charge on any atom is 0.705 e. The molecule has 0 spiro atoms. The van der Waals surface area contributed by atoms with Gasteiger partial charge in [0.2, 0.25) is 0 Å². The summed E-state index contributed by atoms with van der Waals surface area (Å²) >= 11 is 0. The maximum atomic E-state index is 11.6. The van der Waals surface area contributed by atoms with Crippen molar-refractivity contribution in [1.29, 1.82) is 0 Å². The number of ether oxygens (including phenoxy) is 1. The molecule has 2 fully saturated rings. The number of unbranched alkanes of at least 4 members (excludes halogenated alkanes) is 3. The van der Waals surface area contributed by atoms with Crippen LogP contribution in [0.2, 0.25) is 6.04 Å². The predicted molar refractivity (Wildman–Crippen MR) is 136 cm³/mol. The van der Waals surface area contributed by atoms with E-state index in [1.165, 1.54) is 91.4 Å². The minimum Gasteiger partial charge on any atom is -0.455 e. The Kier molecular flexibility index (Phi) is 13.3. The number of carbonyl (C=O) groups excluding carboxylic acids is 3. The van der Waals surface area contributed by atoms with E-state index in [1.54, 1.807) is 0 Å². The molecule has 8 heteroatoms. The van der Waals surface area contributed by atoms with Crippen molar-refractivity contribution in [1.82, 2.24) is 0 Å². The van der Waals surface area contributed by atoms with Crippen LogP contribution in [0.25, 0.3) is 0 Å². The smallest absolute Gasteiger partial charge is 0.455 e. The molecule has 0 aromatic carbocycles. The van der Waals surface area contributed by atoms with Crippen molar-refractivity contribution in [2.45, 2.75) is 130 Å². The second-order valence-electron chi connectivity index (χ2n) is 10.6. The number of carbonyl (C=O) groups is 3. The number of hydrogen-bond acceptors (Lipinski definition) is 7. The van der Waals surface area contributed by atoms with Gasteiger partial charge >= 0.3 is 8.80 Å². The molecule has 202 valence electrons. The summed E-state index contributed by atoms with van der Waals surface area (Å²) in [6.45, 7) is 6.37. The average molecular weight is 513 g/mol. The molecule has 2 aliphatic carbocycles. The Hall–Kier alpha value is -1.41. The first-order valence-electron chi connectivity index (χ1n) is 13.9. The minimum absolute atomic E-state index is 0.169. The van der Waals surface area contributed by atoms with Gasteiger partial charge in [-0.2, -0.15) is 0 Å². The summed E-state index contributed by atoms with van der Waals surface area (Å²) in [7, 11) is -3.75. The number of hydrogen-bond donors (Lipinski definition) is 0. The third-order valence-corrected chi connectivity index (χ3v) is 10.4. The first-order valence-corrected chi connectivity index (χ1v) is 15.9. The van der Waals surface area contributed by atoms with Crippen molar-refractivity contribution in [2.75, 3.05) is 6.61 Å². The average Bonchev–Trinajstić information content (AvgIpc) is 2.79. The van der Waals surface area contributed by atoms with Crippen LogP contribution in [0.1, 0.15) is 118 Å². The van der Waals surface area contributed by atoms with Crippen LogP contribution in [-0.2, 0) is 32.4 Å². The monoisotopic (exact) mass is 512 g/mol. The van der Waals surface area contributed by atoms with E-state index in [2.05, 4.69) is 6.92 Å². The Balaban J connectivity index is 1.68. The lowest BCUT2D eigenvalue weighted by atomic mass is 9.70. The first kappa shape index (κ1) is 29.8. The molecule has 0 atom stereocenters. The zero-order valence-electron chi connectivity index (χ0n) is 22.5. The molecule has 0 aliphatic heterocycles. The molecule has 7 nitrogen and oxygen atoms in total. The predicted octanol–water partition coefficient (Wildman–Crippen LogP) is 6.36. The Morgan fingerprint density at radius 2 is 1.20 bits per heavy atom. The van der Waals surface area contributed by atoms with E-state index in [9.17, 15) is 14.4 Å². The standard InChI is InChI=1S/C27H48O7Si/c1-5-6-7-8-10-24-11-13-25(14-12-24)26-15-17-27(18-16-26)31-19-9-20-35(32-21(2)28,33-22(3)29)34-23(4)30/h24-27H,5-20H2,1-4H3. The normalized spacial score (nSPS) is 25.0. The Labute approximate surface area is 213 Å². The van der Waals surface area contributed by atoms with E-state index in [1.807, 2.05) is 0 Å². The minimum atomic E-state index is -3.75. The van der Waals surface area contributed by atoms with Crippen LogP contribution in [0.15, 0.2) is 0 Å². The molecule has 0 N–H and O–H groups in total. The van der Waals surface area contributed by atoms with Gasteiger partial charge in [-0.25, -0.2) is 0 Å². The van der Waals surface area contributed by atoms with Gasteiger partial charge in [-0.05, 0) is 62.7 Å². The van der Waals surface area contributed by atoms with E-state index in [0.29, 0.717) is 13.0 Å². The van der Waals surface area contributed by atoms with Crippen molar-refractivity contribution in [3.63, 3.8) is 0 Å². The largest absolute Gasteiger partial charge is 0.705 e. The van der Waals surface area contributed by atoms with Crippen LogP contribution >= 0.6 is 0 Å². The van der Waals surface area contributed by atoms with Gasteiger partial charge in [0, 0.05) is 27.4 Å². The fourth-order valence-electron chi connectivity index (χ4n) is 5.95. The Morgan fingerprint density at radius 1 is 0.686 bits per heavy atom. The highest BCUT2D eigenvalue weighted by molar-refractivity contribution is 6.65. The van der Waals surface area contributed by atoms with Crippen LogP contribution in [0.5, 0.6) is 0 Å². The molecule has 0 aromatic heterocycles. The van der Waals surface area contributed by atoms with Gasteiger partial charge in [-0.3, -0.25) is 14.4 Å². The zero-order chi connectivity index (χ0) is 25.7. The van der Waals surface area contributed by atoms with Crippen LogP contribution in [0.3, 0.4) is 0 Å². The lowest BCUT2D eigenvalue weighted by Crippen LogP contribution is -2.49. The maximum absolute atomic E-state index is 11.6. The van der Waals surface area contributed by atoms with E-state index >= 15 is 0 Å². The van der Waals surface area contributed by atoms with E-state index in [0.717, 1.165) is 30.6 Å². The van der Waals surface area contributed by atoms with Gasteiger partial charge in [0.25, 0.3) is 17.9 Å². The Bertz CT molecular complexity index is 611. The zero-order valence-corrected chi connectivity index (χ0v) is 23.5. The molecule has 0 saturated heterocycles. The molecular formula is C27H48O7Si. The molecule has 2 saturated carbocycles. The van der Waals surface area contributed by atoms with Crippen LogP contribution in [0.4, 0.5) is 0 Å².